The molecule has 0 unspecified atom stereocenters. The number of pyridine rings is 1. The summed E-state index contributed by atoms with van der Waals surface area (Å²) in [5, 5.41) is 2.64. The number of nitrogens with two attached hydrogens (primary N) is 1. The first-order valence-electron chi connectivity index (χ1n) is 6.32. The first-order chi connectivity index (χ1) is 10.1. The number of nitrogens with zero attached hydrogens (tertiary/aromatic N) is 1. The summed E-state index contributed by atoms with van der Waals surface area (Å²) in [5.74, 6) is 4.72. The molecule has 0 aliphatic carbocycles. The van der Waals surface area contributed by atoms with Gasteiger partial charge in [-0.15, -0.1) is 0 Å². The van der Waals surface area contributed by atoms with Crippen molar-refractivity contribution in [1.82, 2.24) is 4.98 Å². The Morgan fingerprint density at radius 3 is 2.95 bits per heavy atom. The maximum absolute atomic E-state index is 13.5. The number of benzene rings is 1. The van der Waals surface area contributed by atoms with Crippen molar-refractivity contribution >= 4 is 11.6 Å². The molecule has 2 aromatic rings. The average molecular weight is 283 g/mol. The number of carbonyl (C=O) groups is 1. The van der Waals surface area contributed by atoms with Gasteiger partial charge in [0.25, 0.3) is 5.91 Å². The lowest BCUT2D eigenvalue weighted by Crippen LogP contribution is -2.14. The molecule has 0 aliphatic rings. The zero-order chi connectivity index (χ0) is 15.2. The molecule has 1 amide bonds. The molecule has 21 heavy (non-hydrogen) atoms. The van der Waals surface area contributed by atoms with E-state index in [2.05, 4.69) is 22.1 Å². The lowest BCUT2D eigenvalue weighted by atomic mass is 10.1. The minimum Gasteiger partial charge on any atom is -0.322 e. The number of carbonyl (C=O) groups excluding carboxylic acids is 1. The van der Waals surface area contributed by atoms with Gasteiger partial charge >= 0.3 is 0 Å². The van der Waals surface area contributed by atoms with Gasteiger partial charge in [-0.3, -0.25) is 9.78 Å². The van der Waals surface area contributed by atoms with Crippen LogP contribution in [0.3, 0.4) is 0 Å². The number of halogens is 1. The Bertz CT molecular complexity index is 732. The highest BCUT2D eigenvalue weighted by molar-refractivity contribution is 6.05. The normalized spacial score (nSPS) is 9.67. The van der Waals surface area contributed by atoms with E-state index in [1.807, 2.05) is 0 Å². The summed E-state index contributed by atoms with van der Waals surface area (Å²) in [6.07, 6.45) is 2.99. The standard InChI is InChI=1S/C16H14FN3O/c1-11-4-5-13(9-15(11)17)20-16(21)14-6-8-19-10-12(14)3-2-7-18/h4-6,8-10H,7,18H2,1H3,(H,20,21). The highest BCUT2D eigenvalue weighted by Gasteiger charge is 2.11. The molecule has 1 aromatic carbocycles. The summed E-state index contributed by atoms with van der Waals surface area (Å²) in [5.41, 5.74) is 7.07. The van der Waals surface area contributed by atoms with Crippen LogP contribution in [0, 0.1) is 24.6 Å². The van der Waals surface area contributed by atoms with Crippen molar-refractivity contribution in [2.75, 3.05) is 11.9 Å². The second-order valence-electron chi connectivity index (χ2n) is 4.35. The number of aromatic nitrogens is 1. The molecule has 3 N–H and O–H groups in total. The van der Waals surface area contributed by atoms with Crippen LogP contribution in [0.5, 0.6) is 0 Å². The molecule has 106 valence electrons. The quantitative estimate of drug-likeness (QED) is 0.829. The van der Waals surface area contributed by atoms with Crippen LogP contribution in [0.25, 0.3) is 0 Å². The van der Waals surface area contributed by atoms with E-state index < -0.39 is 0 Å². The van der Waals surface area contributed by atoms with Crippen molar-refractivity contribution in [1.29, 1.82) is 0 Å². The van der Waals surface area contributed by atoms with E-state index >= 15 is 0 Å². The Balaban J connectivity index is 2.26. The van der Waals surface area contributed by atoms with Crippen molar-refractivity contribution in [3.63, 3.8) is 0 Å². The summed E-state index contributed by atoms with van der Waals surface area (Å²) in [4.78, 5) is 16.2. The largest absolute Gasteiger partial charge is 0.322 e. The van der Waals surface area contributed by atoms with Crippen molar-refractivity contribution < 1.29 is 9.18 Å². The fraction of sp³-hybridized carbons (Fsp3) is 0.125. The lowest BCUT2D eigenvalue weighted by Gasteiger charge is -2.07. The fourth-order valence-corrected chi connectivity index (χ4v) is 1.71. The van der Waals surface area contributed by atoms with Crippen LogP contribution in [-0.4, -0.2) is 17.4 Å². The summed E-state index contributed by atoms with van der Waals surface area (Å²) in [7, 11) is 0. The molecule has 2 rings (SSSR count). The molecule has 4 nitrogen and oxygen atoms in total. The number of hydrogen-bond donors (Lipinski definition) is 2. The van der Waals surface area contributed by atoms with Crippen LogP contribution in [0.4, 0.5) is 10.1 Å². The van der Waals surface area contributed by atoms with Gasteiger partial charge in [0.1, 0.15) is 5.82 Å². The van der Waals surface area contributed by atoms with E-state index in [0.29, 0.717) is 22.4 Å². The van der Waals surface area contributed by atoms with Gasteiger partial charge in [0.05, 0.1) is 17.7 Å². The maximum atomic E-state index is 13.5. The molecule has 1 aromatic heterocycles. The van der Waals surface area contributed by atoms with Crippen molar-refractivity contribution in [3.05, 3.63) is 59.2 Å². The predicted molar refractivity (Wildman–Crippen MR) is 79.3 cm³/mol. The van der Waals surface area contributed by atoms with E-state index in [0.717, 1.165) is 0 Å². The van der Waals surface area contributed by atoms with Crippen LogP contribution in [0.15, 0.2) is 36.7 Å². The molecule has 0 saturated carbocycles. The Kier molecular flexibility index (Phi) is 4.64. The first kappa shape index (κ1) is 14.7. The molecule has 0 spiro atoms. The molecule has 1 heterocycles. The Labute approximate surface area is 122 Å². The molecular formula is C16H14FN3O. The SMILES string of the molecule is Cc1ccc(NC(=O)c2ccncc2C#CCN)cc1F. The van der Waals surface area contributed by atoms with Crippen molar-refractivity contribution in [2.24, 2.45) is 5.73 Å². The molecule has 5 heteroatoms. The van der Waals surface area contributed by atoms with Crippen molar-refractivity contribution in [2.45, 2.75) is 6.92 Å². The molecule has 0 aliphatic heterocycles. The van der Waals surface area contributed by atoms with Gasteiger partial charge in [-0.05, 0) is 30.7 Å². The number of anilines is 1. The Hall–Kier alpha value is -2.71. The number of amides is 1. The van der Waals surface area contributed by atoms with E-state index in [4.69, 9.17) is 5.73 Å². The number of aryl methyl sites for hydroxylation is 1. The molecule has 0 radical (unpaired) electrons. The molecule has 0 bridgehead atoms. The molecular weight excluding hydrogens is 269 g/mol. The highest BCUT2D eigenvalue weighted by Crippen LogP contribution is 2.15. The Morgan fingerprint density at radius 1 is 1.43 bits per heavy atom. The van der Waals surface area contributed by atoms with Gasteiger partial charge in [0, 0.05) is 18.1 Å². The zero-order valence-electron chi connectivity index (χ0n) is 11.5. The maximum Gasteiger partial charge on any atom is 0.257 e. The second-order valence-corrected chi connectivity index (χ2v) is 4.35. The van der Waals surface area contributed by atoms with E-state index in [1.54, 1.807) is 25.1 Å². The van der Waals surface area contributed by atoms with Gasteiger partial charge in [0.2, 0.25) is 0 Å². The third-order valence-electron chi connectivity index (χ3n) is 2.82. The van der Waals surface area contributed by atoms with E-state index in [1.165, 1.54) is 18.5 Å². The zero-order valence-corrected chi connectivity index (χ0v) is 11.5. The lowest BCUT2D eigenvalue weighted by molar-refractivity contribution is 0.102. The summed E-state index contributed by atoms with van der Waals surface area (Å²) in [6, 6.07) is 6.08. The van der Waals surface area contributed by atoms with Gasteiger partial charge in [0.15, 0.2) is 0 Å². The molecule has 0 saturated heterocycles. The number of rotatable bonds is 2. The first-order valence-corrected chi connectivity index (χ1v) is 6.32. The fourth-order valence-electron chi connectivity index (χ4n) is 1.71. The highest BCUT2D eigenvalue weighted by atomic mass is 19.1. The second kappa shape index (κ2) is 6.64. The third-order valence-corrected chi connectivity index (χ3v) is 2.82. The van der Waals surface area contributed by atoms with Gasteiger partial charge < -0.3 is 11.1 Å². The minimum absolute atomic E-state index is 0.194. The molecule has 0 fully saturated rings. The van der Waals surface area contributed by atoms with Crippen LogP contribution in [0.2, 0.25) is 0 Å². The summed E-state index contributed by atoms with van der Waals surface area (Å²) < 4.78 is 13.5. The van der Waals surface area contributed by atoms with Gasteiger partial charge in [-0.1, -0.05) is 17.9 Å². The Morgan fingerprint density at radius 2 is 2.24 bits per heavy atom. The van der Waals surface area contributed by atoms with Gasteiger partial charge in [-0.25, -0.2) is 4.39 Å². The third kappa shape index (κ3) is 3.65. The summed E-state index contributed by atoms with van der Waals surface area (Å²) >= 11 is 0. The number of nitrogens with one attached hydrogen (secondary N) is 1. The summed E-state index contributed by atoms with van der Waals surface area (Å²) in [6.45, 7) is 1.85. The monoisotopic (exact) mass is 283 g/mol. The smallest absolute Gasteiger partial charge is 0.257 e. The van der Waals surface area contributed by atoms with E-state index in [-0.39, 0.29) is 18.3 Å². The molecule has 0 atom stereocenters. The van der Waals surface area contributed by atoms with Crippen molar-refractivity contribution in [3.8, 4) is 11.8 Å². The van der Waals surface area contributed by atoms with Crippen LogP contribution >= 0.6 is 0 Å². The predicted octanol–water partition coefficient (Wildman–Crippen LogP) is 2.09. The van der Waals surface area contributed by atoms with Crippen LogP contribution < -0.4 is 11.1 Å². The average Bonchev–Trinajstić information content (AvgIpc) is 2.49. The minimum atomic E-state index is -0.373. The topological polar surface area (TPSA) is 68.0 Å². The van der Waals surface area contributed by atoms with E-state index in [9.17, 15) is 9.18 Å². The number of hydrogen-bond acceptors (Lipinski definition) is 3. The van der Waals surface area contributed by atoms with Gasteiger partial charge in [-0.2, -0.15) is 0 Å². The van der Waals surface area contributed by atoms with Crippen LogP contribution in [-0.2, 0) is 0 Å². The van der Waals surface area contributed by atoms with Crippen LogP contribution in [0.1, 0.15) is 21.5 Å².